The zero-order valence-electron chi connectivity index (χ0n) is 17.3. The second kappa shape index (κ2) is 10.8. The molecular formula is C23H36FN3O. The van der Waals surface area contributed by atoms with Crippen LogP contribution in [-0.4, -0.2) is 50.1 Å². The van der Waals surface area contributed by atoms with E-state index in [0.29, 0.717) is 12.3 Å². The molecule has 1 aromatic rings. The van der Waals surface area contributed by atoms with Gasteiger partial charge in [0.15, 0.2) is 0 Å². The van der Waals surface area contributed by atoms with Crippen molar-refractivity contribution in [3.05, 3.63) is 30.1 Å². The number of carbonyl (C=O) groups is 1. The lowest BCUT2D eigenvalue weighted by atomic mass is 9.79. The van der Waals surface area contributed by atoms with Crippen molar-refractivity contribution in [2.24, 2.45) is 11.8 Å². The lowest BCUT2D eigenvalue weighted by Crippen LogP contribution is -2.47. The predicted octanol–water partition coefficient (Wildman–Crippen LogP) is 4.06. The van der Waals surface area contributed by atoms with Crippen molar-refractivity contribution in [1.82, 2.24) is 10.2 Å². The molecule has 0 bridgehead atoms. The topological polar surface area (TPSA) is 35.6 Å². The average Bonchev–Trinajstić information content (AvgIpc) is 2.72. The maximum Gasteiger partial charge on any atom is 0.220 e. The number of hydrogen-bond donors (Lipinski definition) is 1. The van der Waals surface area contributed by atoms with Gasteiger partial charge in [0.1, 0.15) is 5.82 Å². The maximum absolute atomic E-state index is 14.0. The highest BCUT2D eigenvalue weighted by Gasteiger charge is 2.24. The summed E-state index contributed by atoms with van der Waals surface area (Å²) in [6.45, 7) is 7.88. The molecule has 1 N–H and O–H groups in total. The summed E-state index contributed by atoms with van der Waals surface area (Å²) >= 11 is 0. The minimum atomic E-state index is -0.115. The number of para-hydroxylation sites is 1. The van der Waals surface area contributed by atoms with Crippen molar-refractivity contribution in [2.75, 3.05) is 44.2 Å². The molecule has 1 aliphatic heterocycles. The zero-order chi connectivity index (χ0) is 19.8. The summed E-state index contributed by atoms with van der Waals surface area (Å²) in [7, 11) is 0. The molecule has 4 nitrogen and oxygen atoms in total. The summed E-state index contributed by atoms with van der Waals surface area (Å²) in [5, 5.41) is 3.00. The van der Waals surface area contributed by atoms with Crippen molar-refractivity contribution in [3.8, 4) is 0 Å². The molecule has 3 rings (SSSR count). The van der Waals surface area contributed by atoms with Gasteiger partial charge in [0.25, 0.3) is 0 Å². The Bertz CT molecular complexity index is 608. The van der Waals surface area contributed by atoms with Crippen molar-refractivity contribution in [1.29, 1.82) is 0 Å². The molecule has 0 spiro atoms. The second-order valence-electron chi connectivity index (χ2n) is 8.51. The highest BCUT2D eigenvalue weighted by atomic mass is 19.1. The number of hydrogen-bond acceptors (Lipinski definition) is 3. The molecule has 1 saturated carbocycles. The molecule has 156 valence electrons. The SMILES string of the molecule is CCCNC(=O)C[C@H]1CC[C@H](CCN2CCN(c3ccccc3F)CC2)CC1. The Morgan fingerprint density at radius 3 is 2.43 bits per heavy atom. The number of anilines is 1. The molecule has 1 aliphatic carbocycles. The summed E-state index contributed by atoms with van der Waals surface area (Å²) < 4.78 is 14.0. The Labute approximate surface area is 169 Å². The lowest BCUT2D eigenvalue weighted by molar-refractivity contribution is -0.122. The standard InChI is InChI=1S/C23H36FN3O/c1-2-12-25-23(28)18-20-9-7-19(8-10-20)11-13-26-14-16-27(17-15-26)22-6-4-3-5-21(22)24/h3-6,19-20H,2,7-18H2,1H3,(H,25,28)/t19-,20-. The van der Waals surface area contributed by atoms with Gasteiger partial charge < -0.3 is 10.2 Å². The smallest absolute Gasteiger partial charge is 0.220 e. The third-order valence-electron chi connectivity index (χ3n) is 6.43. The van der Waals surface area contributed by atoms with E-state index < -0.39 is 0 Å². The number of halogens is 1. The molecule has 2 aliphatic rings. The van der Waals surface area contributed by atoms with Crippen LogP contribution in [0.25, 0.3) is 0 Å². The molecule has 1 saturated heterocycles. The summed E-state index contributed by atoms with van der Waals surface area (Å²) in [6.07, 6.45) is 7.91. The summed E-state index contributed by atoms with van der Waals surface area (Å²) in [5.41, 5.74) is 0.739. The minimum absolute atomic E-state index is 0.115. The Balaban J connectivity index is 1.31. The van der Waals surface area contributed by atoms with E-state index in [1.54, 1.807) is 12.1 Å². The molecule has 2 fully saturated rings. The third kappa shape index (κ3) is 6.20. The van der Waals surface area contributed by atoms with E-state index in [9.17, 15) is 9.18 Å². The highest BCUT2D eigenvalue weighted by molar-refractivity contribution is 5.76. The van der Waals surface area contributed by atoms with Gasteiger partial charge in [-0.15, -0.1) is 0 Å². The van der Waals surface area contributed by atoms with Crippen molar-refractivity contribution < 1.29 is 9.18 Å². The van der Waals surface area contributed by atoms with Crippen LogP contribution in [0.1, 0.15) is 51.9 Å². The summed E-state index contributed by atoms with van der Waals surface area (Å²) in [4.78, 5) is 16.6. The van der Waals surface area contributed by atoms with E-state index in [0.717, 1.165) is 57.3 Å². The predicted molar refractivity (Wildman–Crippen MR) is 113 cm³/mol. The number of piperazine rings is 1. The fourth-order valence-electron chi connectivity index (χ4n) is 4.61. The van der Waals surface area contributed by atoms with Crippen LogP contribution in [0.2, 0.25) is 0 Å². The molecule has 0 unspecified atom stereocenters. The maximum atomic E-state index is 14.0. The number of amides is 1. The van der Waals surface area contributed by atoms with Gasteiger partial charge >= 0.3 is 0 Å². The number of nitrogens with one attached hydrogen (secondary N) is 1. The van der Waals surface area contributed by atoms with Crippen molar-refractivity contribution >= 4 is 11.6 Å². The van der Waals surface area contributed by atoms with Crippen LogP contribution in [-0.2, 0) is 4.79 Å². The zero-order valence-corrected chi connectivity index (χ0v) is 17.3. The Kier molecular flexibility index (Phi) is 8.13. The molecular weight excluding hydrogens is 353 g/mol. The molecule has 1 heterocycles. The van der Waals surface area contributed by atoms with Gasteiger partial charge in [0.2, 0.25) is 5.91 Å². The van der Waals surface area contributed by atoms with Crippen LogP contribution in [0.15, 0.2) is 24.3 Å². The average molecular weight is 390 g/mol. The first-order chi connectivity index (χ1) is 13.7. The second-order valence-corrected chi connectivity index (χ2v) is 8.51. The van der Waals surface area contributed by atoms with Crippen LogP contribution in [0.4, 0.5) is 10.1 Å². The van der Waals surface area contributed by atoms with Crippen molar-refractivity contribution in [2.45, 2.75) is 51.9 Å². The highest BCUT2D eigenvalue weighted by Crippen LogP contribution is 2.32. The minimum Gasteiger partial charge on any atom is -0.367 e. The Hall–Kier alpha value is -1.62. The fourth-order valence-corrected chi connectivity index (χ4v) is 4.61. The molecule has 1 aromatic carbocycles. The lowest BCUT2D eigenvalue weighted by Gasteiger charge is -2.37. The quantitative estimate of drug-likeness (QED) is 0.728. The number of nitrogens with zero attached hydrogens (tertiary/aromatic N) is 2. The number of benzene rings is 1. The van der Waals surface area contributed by atoms with Gasteiger partial charge in [-0.25, -0.2) is 4.39 Å². The third-order valence-corrected chi connectivity index (χ3v) is 6.43. The Morgan fingerprint density at radius 2 is 1.75 bits per heavy atom. The summed E-state index contributed by atoms with van der Waals surface area (Å²) in [5.74, 6) is 1.51. The molecule has 0 atom stereocenters. The van der Waals surface area contributed by atoms with E-state index in [4.69, 9.17) is 0 Å². The summed E-state index contributed by atoms with van der Waals surface area (Å²) in [6, 6.07) is 7.09. The van der Waals surface area contributed by atoms with Gasteiger partial charge in [-0.2, -0.15) is 0 Å². The molecule has 0 aromatic heterocycles. The first-order valence-electron chi connectivity index (χ1n) is 11.1. The molecule has 5 heteroatoms. The van der Waals surface area contributed by atoms with Crippen molar-refractivity contribution in [3.63, 3.8) is 0 Å². The van der Waals surface area contributed by atoms with Gasteiger partial charge in [-0.1, -0.05) is 31.9 Å². The fraction of sp³-hybridized carbons (Fsp3) is 0.696. The molecule has 0 radical (unpaired) electrons. The van der Waals surface area contributed by atoms with Crippen LogP contribution >= 0.6 is 0 Å². The van der Waals surface area contributed by atoms with E-state index in [2.05, 4.69) is 22.0 Å². The normalized spacial score (nSPS) is 23.6. The van der Waals surface area contributed by atoms with Crippen LogP contribution in [0, 0.1) is 17.7 Å². The number of rotatable bonds is 8. The van der Waals surface area contributed by atoms with Gasteiger partial charge in [-0.05, 0) is 56.2 Å². The van der Waals surface area contributed by atoms with Crippen LogP contribution < -0.4 is 10.2 Å². The van der Waals surface area contributed by atoms with Gasteiger partial charge in [0.05, 0.1) is 5.69 Å². The Morgan fingerprint density at radius 1 is 1.07 bits per heavy atom. The van der Waals surface area contributed by atoms with Crippen LogP contribution in [0.3, 0.4) is 0 Å². The number of carbonyl (C=O) groups excluding carboxylic acids is 1. The largest absolute Gasteiger partial charge is 0.367 e. The van der Waals surface area contributed by atoms with E-state index in [1.807, 2.05) is 12.1 Å². The molecule has 28 heavy (non-hydrogen) atoms. The van der Waals surface area contributed by atoms with Gasteiger partial charge in [-0.3, -0.25) is 9.69 Å². The van der Waals surface area contributed by atoms with Gasteiger partial charge in [0, 0.05) is 39.1 Å². The molecule has 1 amide bonds. The monoisotopic (exact) mass is 389 g/mol. The van der Waals surface area contributed by atoms with E-state index >= 15 is 0 Å². The first-order valence-corrected chi connectivity index (χ1v) is 11.1. The van der Waals surface area contributed by atoms with Crippen LogP contribution in [0.5, 0.6) is 0 Å². The van der Waals surface area contributed by atoms with E-state index in [1.165, 1.54) is 32.1 Å². The first kappa shape index (κ1) is 21.1. The van der Waals surface area contributed by atoms with E-state index in [-0.39, 0.29) is 11.7 Å².